The number of nitrogens with one attached hydrogen (secondary N) is 1. The zero-order valence-corrected chi connectivity index (χ0v) is 13.5. The minimum absolute atomic E-state index is 0.641. The van der Waals surface area contributed by atoms with E-state index in [1.165, 1.54) is 41.8 Å². The van der Waals surface area contributed by atoms with Gasteiger partial charge in [0.2, 0.25) is 0 Å². The molecule has 2 bridgehead atoms. The molecule has 2 aromatic carbocycles. The van der Waals surface area contributed by atoms with E-state index in [9.17, 15) is 0 Å². The van der Waals surface area contributed by atoms with Gasteiger partial charge < -0.3 is 5.32 Å². The third-order valence-corrected chi connectivity index (χ3v) is 6.45. The molecule has 2 fully saturated rings. The van der Waals surface area contributed by atoms with E-state index in [-0.39, 0.29) is 0 Å². The summed E-state index contributed by atoms with van der Waals surface area (Å²) in [6.07, 6.45) is 4.18. The second-order valence-electron chi connectivity index (χ2n) is 7.28. The Morgan fingerprint density at radius 3 is 2.68 bits per heavy atom. The second-order valence-corrected chi connectivity index (χ2v) is 7.71. The molecule has 0 amide bonds. The van der Waals surface area contributed by atoms with Crippen molar-refractivity contribution in [2.24, 2.45) is 11.8 Å². The molecule has 1 aliphatic heterocycles. The molecule has 2 saturated carbocycles. The molecule has 2 aromatic rings. The molecule has 112 valence electrons. The van der Waals surface area contributed by atoms with Crippen LogP contribution in [0.1, 0.15) is 47.8 Å². The lowest BCUT2D eigenvalue weighted by Crippen LogP contribution is -2.19. The number of halogens is 1. The van der Waals surface area contributed by atoms with Crippen LogP contribution in [0.25, 0.3) is 0 Å². The van der Waals surface area contributed by atoms with Gasteiger partial charge in [0.15, 0.2) is 0 Å². The molecule has 1 heterocycles. The molecule has 0 saturated heterocycles. The zero-order valence-electron chi connectivity index (χ0n) is 12.8. The zero-order chi connectivity index (χ0) is 14.8. The van der Waals surface area contributed by atoms with E-state index in [0.29, 0.717) is 11.8 Å². The summed E-state index contributed by atoms with van der Waals surface area (Å²) in [4.78, 5) is 0. The van der Waals surface area contributed by atoms with Gasteiger partial charge in [-0.1, -0.05) is 23.7 Å². The summed E-state index contributed by atoms with van der Waals surface area (Å²) in [5, 5.41) is 4.58. The maximum Gasteiger partial charge on any atom is 0.0422 e. The first-order chi connectivity index (χ1) is 10.7. The number of rotatable bonds is 0. The highest BCUT2D eigenvalue weighted by Crippen LogP contribution is 2.64. The van der Waals surface area contributed by atoms with Crippen molar-refractivity contribution in [2.75, 3.05) is 5.32 Å². The number of aryl methyl sites for hydroxylation is 1. The lowest BCUT2D eigenvalue weighted by Gasteiger charge is -2.32. The number of hydrogen-bond donors (Lipinski definition) is 1. The number of fused-ring (bicyclic) bond motifs is 9. The van der Waals surface area contributed by atoms with Gasteiger partial charge in [-0.25, -0.2) is 0 Å². The lowest BCUT2D eigenvalue weighted by molar-refractivity contribution is 0.368. The van der Waals surface area contributed by atoms with E-state index in [2.05, 4.69) is 42.6 Å². The maximum absolute atomic E-state index is 6.34. The Morgan fingerprint density at radius 1 is 1.00 bits per heavy atom. The molecule has 0 spiro atoms. The third kappa shape index (κ3) is 1.66. The molecule has 2 heteroatoms. The molecule has 5 rings (SSSR count). The smallest absolute Gasteiger partial charge is 0.0422 e. The quantitative estimate of drug-likeness (QED) is 0.629. The highest BCUT2D eigenvalue weighted by molar-refractivity contribution is 6.30. The van der Waals surface area contributed by atoms with Crippen LogP contribution < -0.4 is 5.32 Å². The fraction of sp³-hybridized carbons (Fsp3) is 0.400. The van der Waals surface area contributed by atoms with Crippen LogP contribution >= 0.6 is 11.6 Å². The molecule has 4 unspecified atom stereocenters. The normalized spacial score (nSPS) is 31.0. The van der Waals surface area contributed by atoms with E-state index >= 15 is 0 Å². The first-order valence-electron chi connectivity index (χ1n) is 8.38. The Balaban J connectivity index is 1.80. The molecule has 0 aromatic heterocycles. The second kappa shape index (κ2) is 4.52. The van der Waals surface area contributed by atoms with Crippen molar-refractivity contribution in [1.29, 1.82) is 0 Å². The van der Waals surface area contributed by atoms with Gasteiger partial charge in [-0.05, 0) is 90.8 Å². The minimum Gasteiger partial charge on any atom is -0.355 e. The Bertz CT molecular complexity index is 766. The van der Waals surface area contributed by atoms with Crippen LogP contribution in [0, 0.1) is 18.8 Å². The van der Waals surface area contributed by atoms with Crippen LogP contribution in [0.3, 0.4) is 0 Å². The SMILES string of the molecule is Cc1cccc2c1C1C3CCC(C3)C1c1cc(Cl)ccc1N2. The van der Waals surface area contributed by atoms with Crippen molar-refractivity contribution in [1.82, 2.24) is 0 Å². The lowest BCUT2D eigenvalue weighted by atomic mass is 9.71. The average Bonchev–Trinajstić information content (AvgIpc) is 3.06. The topological polar surface area (TPSA) is 12.0 Å². The number of hydrogen-bond acceptors (Lipinski definition) is 1. The van der Waals surface area contributed by atoms with Crippen LogP contribution in [0.5, 0.6) is 0 Å². The molecule has 1 N–H and O–H groups in total. The van der Waals surface area contributed by atoms with Gasteiger partial charge in [-0.3, -0.25) is 0 Å². The molecule has 2 aliphatic carbocycles. The predicted molar refractivity (Wildman–Crippen MR) is 92.2 cm³/mol. The molecule has 3 aliphatic rings. The van der Waals surface area contributed by atoms with E-state index < -0.39 is 0 Å². The monoisotopic (exact) mass is 309 g/mol. The van der Waals surface area contributed by atoms with Crippen LogP contribution in [0.2, 0.25) is 5.02 Å². The summed E-state index contributed by atoms with van der Waals surface area (Å²) in [5.74, 6) is 2.99. The number of benzene rings is 2. The molecule has 0 radical (unpaired) electrons. The van der Waals surface area contributed by atoms with Gasteiger partial charge in [0.05, 0.1) is 0 Å². The average molecular weight is 310 g/mol. The maximum atomic E-state index is 6.34. The van der Waals surface area contributed by atoms with Crippen LogP contribution in [0.15, 0.2) is 36.4 Å². The van der Waals surface area contributed by atoms with Crippen LogP contribution in [0.4, 0.5) is 11.4 Å². The molecule has 22 heavy (non-hydrogen) atoms. The summed E-state index contributed by atoms with van der Waals surface area (Å²) in [6, 6.07) is 13.1. The summed E-state index contributed by atoms with van der Waals surface area (Å²) < 4.78 is 0. The number of anilines is 2. The van der Waals surface area contributed by atoms with E-state index in [4.69, 9.17) is 11.6 Å². The van der Waals surface area contributed by atoms with E-state index in [0.717, 1.165) is 16.9 Å². The molecule has 4 atom stereocenters. The summed E-state index contributed by atoms with van der Waals surface area (Å²) in [7, 11) is 0. The van der Waals surface area contributed by atoms with Crippen molar-refractivity contribution in [2.45, 2.75) is 38.0 Å². The van der Waals surface area contributed by atoms with Crippen LogP contribution in [-0.2, 0) is 0 Å². The standard InChI is InChI=1S/C20H20ClN/c1-11-3-2-4-17-18(11)20-13-6-5-12(9-13)19(20)15-10-14(21)7-8-16(15)22-17/h2-4,7-8,10,12-13,19-20,22H,5-6,9H2,1H3. The third-order valence-electron chi connectivity index (χ3n) is 6.22. The van der Waals surface area contributed by atoms with Crippen molar-refractivity contribution in [3.05, 3.63) is 58.1 Å². The Kier molecular flexibility index (Phi) is 2.67. The van der Waals surface area contributed by atoms with Gasteiger partial charge in [0.1, 0.15) is 0 Å². The van der Waals surface area contributed by atoms with Crippen molar-refractivity contribution in [3.8, 4) is 0 Å². The molecular formula is C20H20ClN. The summed E-state index contributed by atoms with van der Waals surface area (Å²) >= 11 is 6.34. The van der Waals surface area contributed by atoms with Gasteiger partial charge in [-0.15, -0.1) is 0 Å². The Labute approximate surface area is 136 Å². The summed E-state index contributed by atoms with van der Waals surface area (Å²) in [5.41, 5.74) is 7.01. The fourth-order valence-electron chi connectivity index (χ4n) is 5.45. The highest BCUT2D eigenvalue weighted by Gasteiger charge is 2.51. The molecular weight excluding hydrogens is 290 g/mol. The van der Waals surface area contributed by atoms with Crippen molar-refractivity contribution < 1.29 is 0 Å². The van der Waals surface area contributed by atoms with Gasteiger partial charge >= 0.3 is 0 Å². The predicted octanol–water partition coefficient (Wildman–Crippen LogP) is 6.00. The molecule has 1 nitrogen and oxygen atoms in total. The first-order valence-corrected chi connectivity index (χ1v) is 8.76. The highest BCUT2D eigenvalue weighted by atomic mass is 35.5. The van der Waals surface area contributed by atoms with Gasteiger partial charge in [0, 0.05) is 16.4 Å². The summed E-state index contributed by atoms with van der Waals surface area (Å²) in [6.45, 7) is 2.27. The van der Waals surface area contributed by atoms with E-state index in [1.807, 2.05) is 6.07 Å². The van der Waals surface area contributed by atoms with Crippen LogP contribution in [-0.4, -0.2) is 0 Å². The van der Waals surface area contributed by atoms with E-state index in [1.54, 1.807) is 5.56 Å². The Morgan fingerprint density at radius 2 is 1.82 bits per heavy atom. The first kappa shape index (κ1) is 13.0. The van der Waals surface area contributed by atoms with Gasteiger partial charge in [-0.2, -0.15) is 0 Å². The van der Waals surface area contributed by atoms with Crippen molar-refractivity contribution >= 4 is 23.0 Å². The largest absolute Gasteiger partial charge is 0.355 e. The Hall–Kier alpha value is -1.47. The van der Waals surface area contributed by atoms with Crippen molar-refractivity contribution in [3.63, 3.8) is 0 Å². The fourth-order valence-corrected chi connectivity index (χ4v) is 5.64. The minimum atomic E-state index is 0.641. The van der Waals surface area contributed by atoms with Gasteiger partial charge in [0.25, 0.3) is 0 Å².